The van der Waals surface area contributed by atoms with Crippen molar-refractivity contribution < 1.29 is 9.90 Å². The Kier molecular flexibility index (Phi) is 4.29. The van der Waals surface area contributed by atoms with Crippen molar-refractivity contribution in [3.8, 4) is 23.1 Å². The highest BCUT2D eigenvalue weighted by Crippen LogP contribution is 2.26. The highest BCUT2D eigenvalue weighted by Gasteiger charge is 2.43. The number of likely N-dealkylation sites (N-methyl/N-ethyl adjacent to an activating group) is 1. The lowest BCUT2D eigenvalue weighted by Crippen LogP contribution is -2.39. The largest absolute Gasteiger partial charge is 0.382 e. The molecule has 0 aliphatic carbocycles. The predicted molar refractivity (Wildman–Crippen MR) is 110 cm³/mol. The van der Waals surface area contributed by atoms with Gasteiger partial charge in [0, 0.05) is 24.4 Å². The predicted octanol–water partition coefficient (Wildman–Crippen LogP) is 2.04. The van der Waals surface area contributed by atoms with Crippen LogP contribution in [0.3, 0.4) is 0 Å². The van der Waals surface area contributed by atoms with Gasteiger partial charge in [-0.15, -0.1) is 0 Å². The number of carbonyl (C=O) groups is 1. The van der Waals surface area contributed by atoms with Gasteiger partial charge in [0.05, 0.1) is 11.2 Å². The van der Waals surface area contributed by atoms with Crippen molar-refractivity contribution in [3.05, 3.63) is 59.6 Å². The van der Waals surface area contributed by atoms with E-state index in [1.165, 1.54) is 4.90 Å². The maximum atomic E-state index is 12.2. The number of fused-ring (bicyclic) bond motifs is 1. The van der Waals surface area contributed by atoms with E-state index in [1.807, 2.05) is 36.4 Å². The van der Waals surface area contributed by atoms with Crippen LogP contribution in [0.5, 0.6) is 0 Å². The molecule has 144 valence electrons. The molecule has 7 heteroatoms. The molecular formula is C22H19N5O2. The number of nitrogens with two attached hydrogens (primary N) is 1. The van der Waals surface area contributed by atoms with Crippen LogP contribution >= 0.6 is 0 Å². The van der Waals surface area contributed by atoms with Gasteiger partial charge in [0.2, 0.25) is 5.60 Å². The number of aromatic nitrogens is 3. The molecule has 1 amide bonds. The van der Waals surface area contributed by atoms with Crippen LogP contribution in [0.4, 0.5) is 5.82 Å². The molecule has 3 aromatic rings. The van der Waals surface area contributed by atoms with Crippen molar-refractivity contribution in [2.75, 3.05) is 12.8 Å². The zero-order chi connectivity index (χ0) is 20.8. The minimum absolute atomic E-state index is 0.332. The third-order valence-corrected chi connectivity index (χ3v) is 4.81. The van der Waals surface area contributed by atoms with Crippen molar-refractivity contribution in [2.45, 2.75) is 19.4 Å². The average Bonchev–Trinajstić information content (AvgIpc) is 2.89. The van der Waals surface area contributed by atoms with Gasteiger partial charge in [0.25, 0.3) is 5.91 Å². The average molecular weight is 385 g/mol. The van der Waals surface area contributed by atoms with Gasteiger partial charge in [-0.05, 0) is 49.6 Å². The van der Waals surface area contributed by atoms with Crippen LogP contribution < -0.4 is 5.73 Å². The van der Waals surface area contributed by atoms with E-state index in [0.717, 1.165) is 5.56 Å². The molecule has 0 radical (unpaired) electrons. The van der Waals surface area contributed by atoms with E-state index in [4.69, 9.17) is 5.73 Å². The number of hydrogen-bond acceptors (Lipinski definition) is 6. The molecule has 0 fully saturated rings. The summed E-state index contributed by atoms with van der Waals surface area (Å²) in [4.78, 5) is 26.7. The standard InChI is InChI=1S/C22H19N5O2/c1-13-12-27(3)21(28)22(13,29)10-9-15-5-4-6-16(11-15)17-7-8-18-19(26-17)20(23)25-14(2)24-18/h4-8,11-12,29H,1-3H3,(H2,23,24,25)/t22-/m1/s1. The van der Waals surface area contributed by atoms with E-state index >= 15 is 0 Å². The summed E-state index contributed by atoms with van der Waals surface area (Å²) in [5, 5.41) is 10.6. The molecule has 2 aromatic heterocycles. The summed E-state index contributed by atoms with van der Waals surface area (Å²) in [5.74, 6) is 6.09. The molecular weight excluding hydrogens is 366 g/mol. The molecule has 0 saturated carbocycles. The molecule has 0 unspecified atom stereocenters. The van der Waals surface area contributed by atoms with Gasteiger partial charge in [-0.3, -0.25) is 4.79 Å². The number of rotatable bonds is 1. The van der Waals surface area contributed by atoms with Crippen LogP contribution in [0.15, 0.2) is 48.2 Å². The lowest BCUT2D eigenvalue weighted by Gasteiger charge is -2.16. The quantitative estimate of drug-likeness (QED) is 0.621. The van der Waals surface area contributed by atoms with Gasteiger partial charge in [0.15, 0.2) is 5.82 Å². The molecule has 3 N–H and O–H groups in total. The second-order valence-corrected chi connectivity index (χ2v) is 6.99. The molecule has 0 spiro atoms. The number of pyridine rings is 1. The number of anilines is 1. The highest BCUT2D eigenvalue weighted by molar-refractivity contribution is 5.95. The Hall–Kier alpha value is -3.76. The number of aliphatic hydroxyl groups is 1. The lowest BCUT2D eigenvalue weighted by atomic mass is 9.97. The van der Waals surface area contributed by atoms with E-state index < -0.39 is 11.5 Å². The van der Waals surface area contributed by atoms with E-state index in [0.29, 0.717) is 39.5 Å². The summed E-state index contributed by atoms with van der Waals surface area (Å²) in [6.45, 7) is 3.46. The van der Waals surface area contributed by atoms with Gasteiger partial charge in [-0.25, -0.2) is 15.0 Å². The molecule has 1 aromatic carbocycles. The summed E-state index contributed by atoms with van der Waals surface area (Å²) in [5.41, 5.74) is 8.10. The van der Waals surface area contributed by atoms with Crippen LogP contribution in [-0.2, 0) is 4.79 Å². The number of carbonyl (C=O) groups excluding carboxylic acids is 1. The Morgan fingerprint density at radius 2 is 1.93 bits per heavy atom. The van der Waals surface area contributed by atoms with Crippen LogP contribution in [0, 0.1) is 18.8 Å². The van der Waals surface area contributed by atoms with Crippen LogP contribution in [0.2, 0.25) is 0 Å². The Bertz CT molecular complexity index is 1260. The van der Waals surface area contributed by atoms with E-state index in [9.17, 15) is 9.90 Å². The minimum atomic E-state index is -1.80. The summed E-state index contributed by atoms with van der Waals surface area (Å²) < 4.78 is 0. The first-order valence-electron chi connectivity index (χ1n) is 9.01. The van der Waals surface area contributed by atoms with Gasteiger partial charge in [-0.2, -0.15) is 0 Å². The molecule has 4 rings (SSSR count). The second-order valence-electron chi connectivity index (χ2n) is 6.99. The summed E-state index contributed by atoms with van der Waals surface area (Å²) in [6, 6.07) is 11.1. The Balaban J connectivity index is 1.72. The second kappa shape index (κ2) is 6.69. The molecule has 1 aliphatic heterocycles. The maximum Gasteiger partial charge on any atom is 0.275 e. The normalized spacial score (nSPS) is 18.6. The van der Waals surface area contributed by atoms with Gasteiger partial charge in [0.1, 0.15) is 11.3 Å². The number of nitrogens with zero attached hydrogens (tertiary/aromatic N) is 4. The number of aryl methyl sites for hydroxylation is 1. The van der Waals surface area contributed by atoms with Crippen molar-refractivity contribution >= 4 is 22.8 Å². The lowest BCUT2D eigenvalue weighted by molar-refractivity contribution is -0.136. The van der Waals surface area contributed by atoms with E-state index in [1.54, 1.807) is 27.1 Å². The molecule has 1 aliphatic rings. The zero-order valence-corrected chi connectivity index (χ0v) is 16.3. The maximum absolute atomic E-state index is 12.2. The first-order valence-corrected chi connectivity index (χ1v) is 9.01. The highest BCUT2D eigenvalue weighted by atomic mass is 16.3. The topological polar surface area (TPSA) is 105 Å². The molecule has 3 heterocycles. The van der Waals surface area contributed by atoms with Crippen LogP contribution in [0.25, 0.3) is 22.3 Å². The van der Waals surface area contributed by atoms with Gasteiger partial charge < -0.3 is 15.7 Å². The smallest absolute Gasteiger partial charge is 0.275 e. The third-order valence-electron chi connectivity index (χ3n) is 4.81. The Labute approximate surface area is 167 Å². The van der Waals surface area contributed by atoms with E-state index in [2.05, 4.69) is 26.8 Å². The van der Waals surface area contributed by atoms with Gasteiger partial charge in [-0.1, -0.05) is 18.1 Å². The molecule has 1 atom stereocenters. The number of hydrogen-bond donors (Lipinski definition) is 2. The van der Waals surface area contributed by atoms with Crippen molar-refractivity contribution in [2.24, 2.45) is 0 Å². The van der Waals surface area contributed by atoms with E-state index in [-0.39, 0.29) is 0 Å². The monoisotopic (exact) mass is 385 g/mol. The summed E-state index contributed by atoms with van der Waals surface area (Å²) in [7, 11) is 1.59. The zero-order valence-electron chi connectivity index (χ0n) is 16.3. The number of benzene rings is 1. The summed E-state index contributed by atoms with van der Waals surface area (Å²) >= 11 is 0. The molecule has 0 saturated heterocycles. The van der Waals surface area contributed by atoms with Gasteiger partial charge >= 0.3 is 0 Å². The Morgan fingerprint density at radius 1 is 1.14 bits per heavy atom. The fraction of sp³-hybridized carbons (Fsp3) is 0.182. The minimum Gasteiger partial charge on any atom is -0.382 e. The fourth-order valence-electron chi connectivity index (χ4n) is 3.26. The summed E-state index contributed by atoms with van der Waals surface area (Å²) in [6.07, 6.45) is 1.58. The number of nitrogen functional groups attached to an aromatic ring is 1. The third kappa shape index (κ3) is 3.20. The molecule has 7 nitrogen and oxygen atoms in total. The first-order chi connectivity index (χ1) is 13.8. The van der Waals surface area contributed by atoms with Crippen LogP contribution in [-0.4, -0.2) is 43.5 Å². The molecule has 0 bridgehead atoms. The Morgan fingerprint density at radius 3 is 2.66 bits per heavy atom. The first kappa shape index (κ1) is 18.6. The number of amides is 1. The van der Waals surface area contributed by atoms with Crippen molar-refractivity contribution in [1.29, 1.82) is 0 Å². The van der Waals surface area contributed by atoms with Crippen molar-refractivity contribution in [3.63, 3.8) is 0 Å². The van der Waals surface area contributed by atoms with Crippen LogP contribution in [0.1, 0.15) is 18.3 Å². The van der Waals surface area contributed by atoms with Crippen molar-refractivity contribution in [1.82, 2.24) is 19.9 Å². The molecule has 29 heavy (non-hydrogen) atoms. The SMILES string of the molecule is CC1=CN(C)C(=O)[C@@]1(O)C#Cc1cccc(-c2ccc3nc(C)nc(N)c3n2)c1. The fourth-order valence-corrected chi connectivity index (χ4v) is 3.26.